The van der Waals surface area contributed by atoms with E-state index in [-0.39, 0.29) is 30.7 Å². The number of likely N-dealkylation sites (N-methyl/N-ethyl adjacent to an activating group) is 1. The molecule has 0 saturated heterocycles. The van der Waals surface area contributed by atoms with E-state index in [1.807, 2.05) is 6.08 Å². The first-order chi connectivity index (χ1) is 17.0. The van der Waals surface area contributed by atoms with Crippen LogP contribution in [0.4, 0.5) is 0 Å². The topological polar surface area (TPSA) is 77.5 Å². The molecule has 2 aromatic carbocycles. The lowest BCUT2D eigenvalue weighted by Gasteiger charge is -2.32. The average Bonchev–Trinajstić information content (AvgIpc) is 3.28. The first kappa shape index (κ1) is 25.4. The Labute approximate surface area is 207 Å². The van der Waals surface area contributed by atoms with Crippen molar-refractivity contribution in [3.8, 4) is 11.1 Å². The normalized spacial score (nSPS) is 18.6. The number of allylic oxidation sites excluding steroid dienone is 1. The van der Waals surface area contributed by atoms with Gasteiger partial charge in [-0.3, -0.25) is 4.79 Å². The van der Waals surface area contributed by atoms with E-state index in [0.717, 1.165) is 12.8 Å². The maximum Gasteiger partial charge on any atom is 0.288 e. The molecule has 0 saturated carbocycles. The van der Waals surface area contributed by atoms with Gasteiger partial charge < -0.3 is 29.0 Å². The Hall–Kier alpha value is -2.71. The number of amides is 1. The summed E-state index contributed by atoms with van der Waals surface area (Å²) in [5.74, 6) is 0.00690. The van der Waals surface area contributed by atoms with Crippen LogP contribution in [0.3, 0.4) is 0 Å². The zero-order chi connectivity index (χ0) is 24.8. The minimum Gasteiger partial charge on any atom is -0.459 e. The summed E-state index contributed by atoms with van der Waals surface area (Å²) in [6.45, 7) is 0.862. The predicted octanol–water partition coefficient (Wildman–Crippen LogP) is 3.84. The Bertz CT molecular complexity index is 1050. The van der Waals surface area contributed by atoms with Crippen LogP contribution in [0.25, 0.3) is 11.1 Å². The summed E-state index contributed by atoms with van der Waals surface area (Å²) in [5.41, 5.74) is 6.36. The summed E-state index contributed by atoms with van der Waals surface area (Å²) >= 11 is 0. The van der Waals surface area contributed by atoms with Gasteiger partial charge in [-0.25, -0.2) is 0 Å². The van der Waals surface area contributed by atoms with Crippen molar-refractivity contribution in [3.05, 3.63) is 71.0 Å². The van der Waals surface area contributed by atoms with Crippen molar-refractivity contribution in [1.29, 1.82) is 0 Å². The maximum absolute atomic E-state index is 13.3. The second-order valence-corrected chi connectivity index (χ2v) is 9.02. The molecule has 0 aromatic heterocycles. The number of hydrogen-bond donors (Lipinski definition) is 1. The van der Waals surface area contributed by atoms with Gasteiger partial charge in [0.15, 0.2) is 12.0 Å². The predicted molar refractivity (Wildman–Crippen MR) is 133 cm³/mol. The van der Waals surface area contributed by atoms with E-state index in [2.05, 4.69) is 42.5 Å². The van der Waals surface area contributed by atoms with Gasteiger partial charge in [-0.05, 0) is 53.2 Å². The van der Waals surface area contributed by atoms with Crippen molar-refractivity contribution in [2.45, 2.75) is 44.2 Å². The van der Waals surface area contributed by atoms with Crippen molar-refractivity contribution in [2.75, 3.05) is 41.0 Å². The minimum atomic E-state index is -0.545. The number of methoxy groups -OCH3 is 2. The van der Waals surface area contributed by atoms with Gasteiger partial charge in [0.25, 0.3) is 5.91 Å². The van der Waals surface area contributed by atoms with Crippen LogP contribution in [-0.4, -0.2) is 69.5 Å². The van der Waals surface area contributed by atoms with Crippen LogP contribution in [0.5, 0.6) is 0 Å². The smallest absolute Gasteiger partial charge is 0.288 e. The lowest BCUT2D eigenvalue weighted by Crippen LogP contribution is -2.39. The zero-order valence-corrected chi connectivity index (χ0v) is 20.7. The Morgan fingerprint density at radius 2 is 1.89 bits per heavy atom. The molecule has 2 aliphatic rings. The van der Waals surface area contributed by atoms with Crippen LogP contribution in [0.2, 0.25) is 0 Å². The molecular formula is C28H35NO6. The lowest BCUT2D eigenvalue weighted by atomic mass is 9.87. The summed E-state index contributed by atoms with van der Waals surface area (Å²) in [4.78, 5) is 14.9. The highest BCUT2D eigenvalue weighted by molar-refractivity contribution is 5.91. The van der Waals surface area contributed by atoms with Gasteiger partial charge in [-0.15, -0.1) is 0 Å². The molecule has 0 unspecified atom stereocenters. The fourth-order valence-electron chi connectivity index (χ4n) is 4.83. The van der Waals surface area contributed by atoms with Crippen LogP contribution in [-0.2, 0) is 30.2 Å². The Morgan fingerprint density at radius 1 is 1.11 bits per heavy atom. The molecule has 1 N–H and O–H groups in total. The number of carbonyl (C=O) groups excluding carboxylic acids is 1. The van der Waals surface area contributed by atoms with Crippen LogP contribution in [0.15, 0.2) is 54.3 Å². The van der Waals surface area contributed by atoms with Crippen LogP contribution in [0, 0.1) is 0 Å². The highest BCUT2D eigenvalue weighted by atomic mass is 16.7. The molecule has 0 fully saturated rings. The second-order valence-electron chi connectivity index (χ2n) is 9.02. The van der Waals surface area contributed by atoms with Gasteiger partial charge in [-0.1, -0.05) is 42.5 Å². The fourth-order valence-corrected chi connectivity index (χ4v) is 4.83. The monoisotopic (exact) mass is 481 g/mol. The first-order valence-corrected chi connectivity index (χ1v) is 12.2. The third kappa shape index (κ3) is 5.76. The third-order valence-electron chi connectivity index (χ3n) is 6.71. The van der Waals surface area contributed by atoms with Gasteiger partial charge in [0.2, 0.25) is 6.29 Å². The molecule has 4 rings (SSSR count). The quantitative estimate of drug-likeness (QED) is 0.331. The largest absolute Gasteiger partial charge is 0.459 e. The fraction of sp³-hybridized carbons (Fsp3) is 0.464. The molecule has 0 radical (unpaired) electrons. The molecule has 188 valence electrons. The molecule has 7 nitrogen and oxygen atoms in total. The first-order valence-electron chi connectivity index (χ1n) is 12.2. The number of carbonyl (C=O) groups is 1. The number of rotatable bonds is 11. The Kier molecular flexibility index (Phi) is 8.57. The van der Waals surface area contributed by atoms with E-state index in [1.54, 1.807) is 26.2 Å². The van der Waals surface area contributed by atoms with Crippen molar-refractivity contribution in [1.82, 2.24) is 4.90 Å². The molecule has 2 aromatic rings. The standard InChI is InChI=1S/C28H35NO6/c1-29(18-27(32-2)33-3)28(31)25-16-20(17-26(35-25)34-14-7-6-13-30)22-11-8-12-23-21-10-5-4-9-19(21)15-24(22)23/h4-5,8-12,16,20,26-27,30H,6-7,13-15,17-18H2,1-3H3/t20-,26+/m0/s1. The van der Waals surface area contributed by atoms with Gasteiger partial charge in [0.1, 0.15) is 0 Å². The molecule has 35 heavy (non-hydrogen) atoms. The SMILES string of the molecule is COC(CN(C)C(=O)C1=C[C@H](c2cccc3c2Cc2ccccc2-3)C[C@H](OCCCCO)O1)OC. The van der Waals surface area contributed by atoms with E-state index >= 15 is 0 Å². The van der Waals surface area contributed by atoms with E-state index in [0.29, 0.717) is 19.4 Å². The van der Waals surface area contributed by atoms with Crippen molar-refractivity contribution in [3.63, 3.8) is 0 Å². The van der Waals surface area contributed by atoms with Crippen LogP contribution >= 0.6 is 0 Å². The number of hydrogen-bond acceptors (Lipinski definition) is 6. The molecule has 1 aliphatic carbocycles. The summed E-state index contributed by atoms with van der Waals surface area (Å²) in [6.07, 6.45) is 3.75. The zero-order valence-electron chi connectivity index (χ0n) is 20.7. The molecule has 2 atom stereocenters. The van der Waals surface area contributed by atoms with Gasteiger partial charge in [-0.2, -0.15) is 0 Å². The molecule has 1 amide bonds. The number of benzene rings is 2. The summed E-state index contributed by atoms with van der Waals surface area (Å²) in [7, 11) is 4.79. The van der Waals surface area contributed by atoms with E-state index in [4.69, 9.17) is 24.1 Å². The number of nitrogens with zero attached hydrogens (tertiary/aromatic N) is 1. The average molecular weight is 482 g/mol. The van der Waals surface area contributed by atoms with Crippen molar-refractivity contribution in [2.24, 2.45) is 0 Å². The Balaban J connectivity index is 1.61. The summed E-state index contributed by atoms with van der Waals surface area (Å²) in [6, 6.07) is 14.9. The van der Waals surface area contributed by atoms with Gasteiger partial charge in [0, 0.05) is 40.2 Å². The van der Waals surface area contributed by atoms with Crippen molar-refractivity contribution < 1.29 is 28.8 Å². The summed E-state index contributed by atoms with van der Waals surface area (Å²) < 4.78 is 22.6. The number of aliphatic hydroxyl groups excluding tert-OH is 1. The van der Waals surface area contributed by atoms with Gasteiger partial charge >= 0.3 is 0 Å². The van der Waals surface area contributed by atoms with Crippen molar-refractivity contribution >= 4 is 5.91 Å². The number of fused-ring (bicyclic) bond motifs is 3. The van der Waals surface area contributed by atoms with Crippen LogP contribution < -0.4 is 0 Å². The minimum absolute atomic E-state index is 0.0242. The number of unbranched alkanes of at least 4 members (excludes halogenated alkanes) is 1. The third-order valence-corrected chi connectivity index (χ3v) is 6.71. The number of ether oxygens (including phenoxy) is 4. The highest BCUT2D eigenvalue weighted by Gasteiger charge is 2.33. The highest BCUT2D eigenvalue weighted by Crippen LogP contribution is 2.43. The molecule has 1 aliphatic heterocycles. The van der Waals surface area contributed by atoms with E-state index in [9.17, 15) is 4.79 Å². The van der Waals surface area contributed by atoms with E-state index in [1.165, 1.54) is 27.8 Å². The maximum atomic E-state index is 13.3. The van der Waals surface area contributed by atoms with E-state index < -0.39 is 12.6 Å². The Morgan fingerprint density at radius 3 is 2.66 bits per heavy atom. The molecule has 1 heterocycles. The number of aliphatic hydroxyl groups is 1. The molecule has 7 heteroatoms. The van der Waals surface area contributed by atoms with Crippen LogP contribution in [0.1, 0.15) is 41.9 Å². The second kappa shape index (κ2) is 11.8. The molecule has 0 spiro atoms. The lowest BCUT2D eigenvalue weighted by molar-refractivity contribution is -0.158. The molecule has 0 bridgehead atoms. The summed E-state index contributed by atoms with van der Waals surface area (Å²) in [5, 5.41) is 9.08. The van der Waals surface area contributed by atoms with Gasteiger partial charge in [0.05, 0.1) is 13.2 Å². The molecular weight excluding hydrogens is 446 g/mol.